The van der Waals surface area contributed by atoms with Crippen LogP contribution in [-0.2, 0) is 34.5 Å². The van der Waals surface area contributed by atoms with Gasteiger partial charge in [-0.2, -0.15) is 39.5 Å². The Hall–Kier alpha value is -5.10. The van der Waals surface area contributed by atoms with E-state index in [1.54, 1.807) is 27.7 Å². The lowest BCUT2D eigenvalue weighted by atomic mass is 9.89. The third-order valence-electron chi connectivity index (χ3n) is 7.79. The van der Waals surface area contributed by atoms with Crippen molar-refractivity contribution in [1.29, 1.82) is 0 Å². The number of fused-ring (bicyclic) bond motifs is 1. The molecular formula is C33H32F9N5O5. The Bertz CT molecular complexity index is 1810. The molecule has 2 amide bonds. The van der Waals surface area contributed by atoms with E-state index in [1.165, 1.54) is 0 Å². The van der Waals surface area contributed by atoms with E-state index in [2.05, 4.69) is 20.6 Å². The molecule has 19 heteroatoms. The Labute approximate surface area is 290 Å². The topological polar surface area (TPSA) is 134 Å². The van der Waals surface area contributed by atoms with E-state index in [1.807, 2.05) is 0 Å². The highest BCUT2D eigenvalue weighted by Gasteiger charge is 2.40. The average Bonchev–Trinajstić information content (AvgIpc) is 3.01. The summed E-state index contributed by atoms with van der Waals surface area (Å²) in [5, 5.41) is 14.9. The number of carbonyl (C=O) groups excluding carboxylic acids is 2. The summed E-state index contributed by atoms with van der Waals surface area (Å²) >= 11 is 0. The molecule has 0 fully saturated rings. The van der Waals surface area contributed by atoms with Crippen LogP contribution in [0.15, 0.2) is 42.6 Å². The molecule has 1 aliphatic heterocycles. The maximum Gasteiger partial charge on any atom is 0.416 e. The van der Waals surface area contributed by atoms with Gasteiger partial charge in [-0.25, -0.2) is 14.8 Å². The van der Waals surface area contributed by atoms with Gasteiger partial charge in [0.05, 0.1) is 39.7 Å². The second-order valence-electron chi connectivity index (χ2n) is 12.8. The van der Waals surface area contributed by atoms with E-state index in [0.717, 1.165) is 23.2 Å². The molecule has 0 unspecified atom stereocenters. The van der Waals surface area contributed by atoms with Crippen molar-refractivity contribution in [3.8, 4) is 0 Å². The van der Waals surface area contributed by atoms with Gasteiger partial charge in [0, 0.05) is 18.7 Å². The molecule has 2 atom stereocenters. The highest BCUT2D eigenvalue weighted by atomic mass is 19.4. The fraction of sp³-hybridized carbons (Fsp3) is 0.424. The molecular weight excluding hydrogens is 717 g/mol. The molecule has 282 valence electrons. The van der Waals surface area contributed by atoms with E-state index >= 15 is 0 Å². The van der Waals surface area contributed by atoms with Crippen molar-refractivity contribution in [3.63, 3.8) is 0 Å². The smallest absolute Gasteiger partial charge is 0.416 e. The molecule has 0 saturated heterocycles. The zero-order chi connectivity index (χ0) is 39.0. The van der Waals surface area contributed by atoms with Crippen LogP contribution in [0.3, 0.4) is 0 Å². The summed E-state index contributed by atoms with van der Waals surface area (Å²) in [5.74, 6) is -2.31. The summed E-state index contributed by atoms with van der Waals surface area (Å²) in [6.45, 7) is 5.65. The second kappa shape index (κ2) is 14.5. The molecule has 0 aliphatic carbocycles. The van der Waals surface area contributed by atoms with Crippen molar-refractivity contribution in [2.45, 2.75) is 83.2 Å². The SMILES string of the molecule is CC[C@@H]1C[C@H](Nc2ncc(C(=O)NCC(=O)OC(C)(C)C)c(Cc3cc(C(F)(F)F)cc(C(F)(F)F)c3)n2)c2cc(C(F)(F)F)ccc2N1C(=O)O. The number of rotatable bonds is 8. The van der Waals surface area contributed by atoms with Crippen LogP contribution in [0.1, 0.15) is 90.4 Å². The molecule has 3 N–H and O–H groups in total. The lowest BCUT2D eigenvalue weighted by Gasteiger charge is -2.39. The van der Waals surface area contributed by atoms with Gasteiger partial charge in [0.1, 0.15) is 12.1 Å². The molecule has 3 aromatic rings. The van der Waals surface area contributed by atoms with Gasteiger partial charge in [-0.15, -0.1) is 0 Å². The molecule has 2 aromatic carbocycles. The van der Waals surface area contributed by atoms with Crippen LogP contribution in [0.4, 0.5) is 55.9 Å². The quantitative estimate of drug-likeness (QED) is 0.156. The monoisotopic (exact) mass is 749 g/mol. The molecule has 52 heavy (non-hydrogen) atoms. The van der Waals surface area contributed by atoms with Crippen LogP contribution < -0.4 is 15.5 Å². The number of carbonyl (C=O) groups is 3. The van der Waals surface area contributed by atoms with Crippen LogP contribution in [-0.4, -0.2) is 51.2 Å². The van der Waals surface area contributed by atoms with Gasteiger partial charge in [-0.1, -0.05) is 6.92 Å². The Balaban J connectivity index is 1.80. The number of anilines is 2. The van der Waals surface area contributed by atoms with Gasteiger partial charge < -0.3 is 20.5 Å². The molecule has 0 bridgehead atoms. The first kappa shape index (κ1) is 39.7. The van der Waals surface area contributed by atoms with Crippen molar-refractivity contribution >= 4 is 29.6 Å². The number of aromatic nitrogens is 2. The maximum absolute atomic E-state index is 13.7. The highest BCUT2D eigenvalue weighted by molar-refractivity contribution is 5.97. The molecule has 0 saturated carbocycles. The molecule has 10 nitrogen and oxygen atoms in total. The van der Waals surface area contributed by atoms with E-state index in [4.69, 9.17) is 4.74 Å². The fourth-order valence-electron chi connectivity index (χ4n) is 5.58. The standard InChI is InChI=1S/C33H32F9N5O5/c1-5-20-13-24(21-12-17(31(34,35)36)6-7-25(21)47(20)29(50)51)46-28-44-14-22(27(49)43-15-26(48)52-30(2,3)4)23(45-28)10-16-8-18(32(37,38)39)11-19(9-16)33(40,41)42/h6-9,11-12,14,20,24H,5,10,13,15H2,1-4H3,(H,43,49)(H,50,51)(H,44,45,46)/t20-,24+/m1/s1. The summed E-state index contributed by atoms with van der Waals surface area (Å²) in [5.41, 5.74) is -6.90. The van der Waals surface area contributed by atoms with Crippen LogP contribution in [0.25, 0.3) is 0 Å². The summed E-state index contributed by atoms with van der Waals surface area (Å²) in [7, 11) is 0. The highest BCUT2D eigenvalue weighted by Crippen LogP contribution is 2.43. The van der Waals surface area contributed by atoms with Crippen LogP contribution in [0, 0.1) is 0 Å². The summed E-state index contributed by atoms with van der Waals surface area (Å²) < 4.78 is 128. The van der Waals surface area contributed by atoms with Crippen molar-refractivity contribution in [1.82, 2.24) is 15.3 Å². The van der Waals surface area contributed by atoms with Gasteiger partial charge in [0.2, 0.25) is 5.95 Å². The third-order valence-corrected chi connectivity index (χ3v) is 7.79. The molecule has 2 heterocycles. The number of nitrogens with one attached hydrogen (secondary N) is 2. The minimum absolute atomic E-state index is 0.0712. The van der Waals surface area contributed by atoms with Gasteiger partial charge in [0.25, 0.3) is 5.91 Å². The van der Waals surface area contributed by atoms with Crippen molar-refractivity contribution < 1.29 is 63.7 Å². The zero-order valence-corrected chi connectivity index (χ0v) is 27.8. The van der Waals surface area contributed by atoms with Gasteiger partial charge in [0.15, 0.2) is 0 Å². The van der Waals surface area contributed by atoms with E-state index in [9.17, 15) is 59.0 Å². The minimum Gasteiger partial charge on any atom is -0.465 e. The number of carboxylic acid groups (broad SMARTS) is 1. The van der Waals surface area contributed by atoms with Crippen molar-refractivity contribution in [3.05, 3.63) is 81.7 Å². The van der Waals surface area contributed by atoms with Gasteiger partial charge in [-0.3, -0.25) is 14.5 Å². The minimum atomic E-state index is -5.19. The molecule has 0 spiro atoms. The van der Waals surface area contributed by atoms with Crippen LogP contribution in [0.2, 0.25) is 0 Å². The predicted octanol–water partition coefficient (Wildman–Crippen LogP) is 8.02. The number of amides is 2. The molecule has 0 radical (unpaired) electrons. The Morgan fingerprint density at radius 2 is 1.50 bits per heavy atom. The number of benzene rings is 2. The largest absolute Gasteiger partial charge is 0.465 e. The molecule has 4 rings (SSSR count). The van der Waals surface area contributed by atoms with Crippen LogP contribution in [0.5, 0.6) is 0 Å². The van der Waals surface area contributed by atoms with Crippen molar-refractivity contribution in [2.75, 3.05) is 16.8 Å². The van der Waals surface area contributed by atoms with E-state index in [-0.39, 0.29) is 30.2 Å². The summed E-state index contributed by atoms with van der Waals surface area (Å²) in [6, 6.07) is 1.43. The zero-order valence-electron chi connectivity index (χ0n) is 27.8. The van der Waals surface area contributed by atoms with Gasteiger partial charge in [-0.05, 0) is 81.1 Å². The van der Waals surface area contributed by atoms with E-state index < -0.39 is 107 Å². The predicted molar refractivity (Wildman–Crippen MR) is 166 cm³/mol. The number of ether oxygens (including phenoxy) is 1. The first-order chi connectivity index (χ1) is 23.9. The summed E-state index contributed by atoms with van der Waals surface area (Å²) in [6.07, 6.45) is -16.4. The van der Waals surface area contributed by atoms with E-state index in [0.29, 0.717) is 18.2 Å². The maximum atomic E-state index is 13.7. The molecule has 1 aromatic heterocycles. The third kappa shape index (κ3) is 9.61. The normalized spacial score (nSPS) is 16.6. The lowest BCUT2D eigenvalue weighted by molar-refractivity contribution is -0.153. The Morgan fingerprint density at radius 3 is 2.02 bits per heavy atom. The number of halogens is 9. The number of hydrogen-bond donors (Lipinski definition) is 3. The Kier molecular flexibility index (Phi) is 11.1. The Morgan fingerprint density at radius 1 is 0.904 bits per heavy atom. The number of nitrogens with zero attached hydrogens (tertiary/aromatic N) is 3. The van der Waals surface area contributed by atoms with Gasteiger partial charge >= 0.3 is 30.6 Å². The first-order valence-corrected chi connectivity index (χ1v) is 15.5. The number of hydrogen-bond acceptors (Lipinski definition) is 7. The van der Waals surface area contributed by atoms with Crippen molar-refractivity contribution in [2.24, 2.45) is 0 Å². The second-order valence-corrected chi connectivity index (χ2v) is 12.8. The fourth-order valence-corrected chi connectivity index (χ4v) is 5.58. The number of esters is 1. The number of alkyl halides is 9. The lowest BCUT2D eigenvalue weighted by Crippen LogP contribution is -2.45. The molecule has 1 aliphatic rings. The average molecular weight is 750 g/mol. The first-order valence-electron chi connectivity index (χ1n) is 15.5. The van der Waals surface area contributed by atoms with Crippen LogP contribution >= 0.6 is 0 Å². The summed E-state index contributed by atoms with van der Waals surface area (Å²) in [4.78, 5) is 46.7.